The van der Waals surface area contributed by atoms with E-state index in [1.165, 1.54) is 11.9 Å². The van der Waals surface area contributed by atoms with E-state index >= 15 is 0 Å². The van der Waals surface area contributed by atoms with Crippen molar-refractivity contribution < 1.29 is 47.7 Å². The number of amides is 6. The summed E-state index contributed by atoms with van der Waals surface area (Å²) in [4.78, 5) is 65.0. The first-order valence-corrected chi connectivity index (χ1v) is 16.5. The van der Waals surface area contributed by atoms with E-state index in [0.717, 1.165) is 10.5 Å². The second-order valence-electron chi connectivity index (χ2n) is 12.7. The molecule has 1 aliphatic carbocycles. The molecule has 0 spiro atoms. The van der Waals surface area contributed by atoms with Crippen LogP contribution >= 0.6 is 0 Å². The monoisotopic (exact) mass is 703 g/mol. The smallest absolute Gasteiger partial charge is 0.411 e. The summed E-state index contributed by atoms with van der Waals surface area (Å²) in [6.07, 6.45) is 9.46. The summed E-state index contributed by atoms with van der Waals surface area (Å²) in [5, 5.41) is 7.91. The molecule has 6 amide bonds. The van der Waals surface area contributed by atoms with Gasteiger partial charge in [-0.1, -0.05) is 42.9 Å². The average Bonchev–Trinajstić information content (AvgIpc) is 3.21. The lowest BCUT2D eigenvalue weighted by Gasteiger charge is -2.32. The number of rotatable bonds is 19. The second kappa shape index (κ2) is 19.5. The number of ether oxygens (including phenoxy) is 5. The van der Waals surface area contributed by atoms with Crippen LogP contribution in [-0.4, -0.2) is 117 Å². The number of allylic oxidation sites excluding steroid dienone is 3. The third-order valence-corrected chi connectivity index (χ3v) is 8.12. The van der Waals surface area contributed by atoms with Gasteiger partial charge in [-0.3, -0.25) is 15.0 Å². The summed E-state index contributed by atoms with van der Waals surface area (Å²) in [6.45, 7) is 17.2. The Kier molecular flexibility index (Phi) is 16.2. The predicted molar refractivity (Wildman–Crippen MR) is 186 cm³/mol. The average molecular weight is 704 g/mol. The van der Waals surface area contributed by atoms with Gasteiger partial charge in [0.15, 0.2) is 0 Å². The molecule has 0 saturated carbocycles. The van der Waals surface area contributed by atoms with Gasteiger partial charge in [-0.2, -0.15) is 0 Å². The van der Waals surface area contributed by atoms with Crippen molar-refractivity contribution in [3.8, 4) is 0 Å². The third-order valence-electron chi connectivity index (χ3n) is 8.12. The molecule has 1 aliphatic heterocycles. The van der Waals surface area contributed by atoms with Crippen molar-refractivity contribution in [1.29, 1.82) is 0 Å². The molecule has 15 heteroatoms. The molecule has 50 heavy (non-hydrogen) atoms. The van der Waals surface area contributed by atoms with E-state index in [4.69, 9.17) is 23.7 Å². The Labute approximate surface area is 294 Å². The van der Waals surface area contributed by atoms with E-state index in [1.807, 2.05) is 26.8 Å². The Morgan fingerprint density at radius 1 is 0.940 bits per heavy atom. The minimum absolute atomic E-state index is 0.0289. The zero-order valence-corrected chi connectivity index (χ0v) is 30.1. The number of nitrogens with one attached hydrogen (secondary N) is 3. The van der Waals surface area contributed by atoms with Crippen LogP contribution in [-0.2, 0) is 28.5 Å². The Hall–Kier alpha value is -4.63. The molecule has 0 radical (unpaired) electrons. The summed E-state index contributed by atoms with van der Waals surface area (Å²) in [5.41, 5.74) is -1.30. The predicted octanol–water partition coefficient (Wildman–Crippen LogP) is 4.19. The summed E-state index contributed by atoms with van der Waals surface area (Å²) >= 11 is 0. The first-order valence-electron chi connectivity index (χ1n) is 16.5. The summed E-state index contributed by atoms with van der Waals surface area (Å²) in [5.74, 6) is -0.451. The van der Waals surface area contributed by atoms with Crippen molar-refractivity contribution in [3.63, 3.8) is 0 Å². The van der Waals surface area contributed by atoms with Crippen LogP contribution in [0.4, 0.5) is 19.2 Å². The summed E-state index contributed by atoms with van der Waals surface area (Å²) in [6, 6.07) is -0.571. The Morgan fingerprint density at radius 3 is 2.16 bits per heavy atom. The fourth-order valence-electron chi connectivity index (χ4n) is 5.30. The second-order valence-corrected chi connectivity index (χ2v) is 12.7. The Bertz CT molecular complexity index is 1330. The van der Waals surface area contributed by atoms with Gasteiger partial charge < -0.3 is 39.2 Å². The molecule has 0 bridgehead atoms. The lowest BCUT2D eigenvalue weighted by Crippen LogP contribution is -2.46. The standard InChI is InChI=1S/C35H53N5O10/c1-9-17-46-23-35(11-3,24-47-18-10-2)25-50-31(44)38-34(7)14-12-13-27(21-26(4)22-34)37-30(43)49-20-16-40-32(45)39(28(41)33(40,5)6)15-19-48-29(42)36-8/h9-10,12,14,21-22H,1-2,11,13,15-20,23-25H2,3-8H3,(H,36,42)(H,37,43)(H,38,44)/b14-12-,26-22-,27-21+. The molecular weight excluding hydrogens is 650 g/mol. The van der Waals surface area contributed by atoms with E-state index in [1.54, 1.807) is 44.2 Å². The highest BCUT2D eigenvalue weighted by atomic mass is 16.6. The van der Waals surface area contributed by atoms with Crippen LogP contribution in [0.15, 0.2) is 60.9 Å². The lowest BCUT2D eigenvalue weighted by molar-refractivity contribution is -0.132. The molecule has 1 heterocycles. The van der Waals surface area contributed by atoms with E-state index in [2.05, 4.69) is 29.1 Å². The van der Waals surface area contributed by atoms with Gasteiger partial charge in [0.25, 0.3) is 5.91 Å². The molecule has 2 rings (SSSR count). The van der Waals surface area contributed by atoms with Crippen molar-refractivity contribution in [2.45, 2.75) is 58.5 Å². The molecule has 278 valence electrons. The summed E-state index contributed by atoms with van der Waals surface area (Å²) in [7, 11) is 1.40. The SMILES string of the molecule is C=CCOCC(CC)(COCC=C)COC(=O)NC1(C)/C=C\C/C(NC(=O)OCCN2C(=O)N(CCOC(=O)NC)C(=O)C2(C)C)=C\C(C)=C/1. The van der Waals surface area contributed by atoms with Crippen LogP contribution in [0.5, 0.6) is 0 Å². The van der Waals surface area contributed by atoms with Crippen molar-refractivity contribution >= 4 is 30.2 Å². The van der Waals surface area contributed by atoms with E-state index in [0.29, 0.717) is 45.0 Å². The lowest BCUT2D eigenvalue weighted by atomic mass is 9.88. The molecule has 1 saturated heterocycles. The van der Waals surface area contributed by atoms with Gasteiger partial charge in [0.05, 0.1) is 50.5 Å². The Balaban J connectivity index is 1.94. The number of carbonyl (C=O) groups is 5. The first kappa shape index (κ1) is 41.5. The van der Waals surface area contributed by atoms with Gasteiger partial charge in [0.1, 0.15) is 25.4 Å². The van der Waals surface area contributed by atoms with Crippen LogP contribution in [0.3, 0.4) is 0 Å². The molecule has 1 atom stereocenters. The highest BCUT2D eigenvalue weighted by Gasteiger charge is 2.50. The van der Waals surface area contributed by atoms with Crippen molar-refractivity contribution in [1.82, 2.24) is 25.8 Å². The number of urea groups is 1. The van der Waals surface area contributed by atoms with Crippen LogP contribution < -0.4 is 16.0 Å². The van der Waals surface area contributed by atoms with Gasteiger partial charge in [0.2, 0.25) is 0 Å². The maximum Gasteiger partial charge on any atom is 0.411 e. The van der Waals surface area contributed by atoms with E-state index in [-0.39, 0.29) is 32.9 Å². The zero-order chi connectivity index (χ0) is 37.4. The van der Waals surface area contributed by atoms with Gasteiger partial charge in [-0.25, -0.2) is 19.2 Å². The van der Waals surface area contributed by atoms with E-state index in [9.17, 15) is 24.0 Å². The number of hydrogen-bond donors (Lipinski definition) is 3. The molecule has 0 aromatic heterocycles. The number of hydrogen-bond acceptors (Lipinski definition) is 10. The molecule has 2 aliphatic rings. The van der Waals surface area contributed by atoms with Gasteiger partial charge in [0, 0.05) is 19.2 Å². The molecule has 0 aromatic carbocycles. The van der Waals surface area contributed by atoms with Crippen molar-refractivity contribution in [2.24, 2.45) is 5.41 Å². The van der Waals surface area contributed by atoms with Crippen LogP contribution in [0.25, 0.3) is 0 Å². The maximum absolute atomic E-state index is 13.0. The summed E-state index contributed by atoms with van der Waals surface area (Å²) < 4.78 is 27.3. The molecule has 1 unspecified atom stereocenters. The first-order chi connectivity index (χ1) is 23.7. The minimum atomic E-state index is -1.18. The molecule has 15 nitrogen and oxygen atoms in total. The normalized spacial score (nSPS) is 21.4. The largest absolute Gasteiger partial charge is 0.449 e. The van der Waals surface area contributed by atoms with Crippen molar-refractivity contribution in [2.75, 3.05) is 66.4 Å². The van der Waals surface area contributed by atoms with Crippen LogP contribution in [0.2, 0.25) is 0 Å². The van der Waals surface area contributed by atoms with Gasteiger partial charge in [-0.05, 0) is 40.2 Å². The van der Waals surface area contributed by atoms with Crippen molar-refractivity contribution in [3.05, 3.63) is 60.9 Å². The number of imide groups is 1. The van der Waals surface area contributed by atoms with E-state index < -0.39 is 46.7 Å². The van der Waals surface area contributed by atoms with Crippen LogP contribution in [0, 0.1) is 5.41 Å². The zero-order valence-electron chi connectivity index (χ0n) is 30.1. The third kappa shape index (κ3) is 12.4. The van der Waals surface area contributed by atoms with Crippen LogP contribution in [0.1, 0.15) is 47.5 Å². The number of nitrogens with zero attached hydrogens (tertiary/aromatic N) is 2. The maximum atomic E-state index is 13.0. The quantitative estimate of drug-likeness (QED) is 0.0766. The molecule has 1 fully saturated rings. The van der Waals surface area contributed by atoms with Gasteiger partial charge in [-0.15, -0.1) is 13.2 Å². The minimum Gasteiger partial charge on any atom is -0.449 e. The topological polar surface area (TPSA) is 174 Å². The fraction of sp³-hybridized carbons (Fsp3) is 0.571. The fourth-order valence-corrected chi connectivity index (χ4v) is 5.30. The highest BCUT2D eigenvalue weighted by molar-refractivity contribution is 6.06. The Morgan fingerprint density at radius 2 is 1.56 bits per heavy atom. The number of alkyl carbamates (subject to hydrolysis) is 3. The highest BCUT2D eigenvalue weighted by Crippen LogP contribution is 2.28. The molecular formula is C35H53N5O10. The van der Waals surface area contributed by atoms with Gasteiger partial charge >= 0.3 is 24.3 Å². The molecule has 0 aromatic rings. The number of carbonyl (C=O) groups excluding carboxylic acids is 5. The molecule has 3 N–H and O–H groups in total.